The third kappa shape index (κ3) is 1.87. The van der Waals surface area contributed by atoms with Gasteiger partial charge < -0.3 is 9.84 Å². The molecule has 19 heavy (non-hydrogen) atoms. The highest BCUT2D eigenvalue weighted by Gasteiger charge is 2.31. The van der Waals surface area contributed by atoms with Gasteiger partial charge in [-0.3, -0.25) is 4.79 Å². The molecule has 1 atom stereocenters. The number of carbonyl (C=O) groups excluding carboxylic acids is 1. The molecule has 0 fully saturated rings. The summed E-state index contributed by atoms with van der Waals surface area (Å²) in [7, 11) is 1.48. The summed E-state index contributed by atoms with van der Waals surface area (Å²) in [5, 5.41) is 9.89. The van der Waals surface area contributed by atoms with Crippen molar-refractivity contribution in [2.24, 2.45) is 0 Å². The lowest BCUT2D eigenvalue weighted by Crippen LogP contribution is -1.96. The van der Waals surface area contributed by atoms with Crippen molar-refractivity contribution >= 4 is 5.78 Å². The molecule has 1 unspecified atom stereocenters. The van der Waals surface area contributed by atoms with E-state index in [1.54, 1.807) is 12.1 Å². The number of fused-ring (bicyclic) bond motifs is 1. The zero-order valence-electron chi connectivity index (χ0n) is 10.6. The van der Waals surface area contributed by atoms with E-state index in [1.807, 2.05) is 30.3 Å². The maximum absolute atomic E-state index is 12.1. The number of aromatic hydroxyl groups is 1. The van der Waals surface area contributed by atoms with E-state index in [9.17, 15) is 9.90 Å². The summed E-state index contributed by atoms with van der Waals surface area (Å²) in [6, 6.07) is 13.2. The first-order valence-corrected chi connectivity index (χ1v) is 6.19. The van der Waals surface area contributed by atoms with Crippen molar-refractivity contribution in [1.82, 2.24) is 0 Å². The minimum absolute atomic E-state index is 0.0282. The first-order valence-electron chi connectivity index (χ1n) is 6.19. The van der Waals surface area contributed by atoms with Gasteiger partial charge in [-0.1, -0.05) is 30.3 Å². The predicted molar refractivity (Wildman–Crippen MR) is 71.9 cm³/mol. The van der Waals surface area contributed by atoms with Crippen LogP contribution >= 0.6 is 0 Å². The minimum Gasteiger partial charge on any atom is -0.504 e. The van der Waals surface area contributed by atoms with Crippen LogP contribution in [-0.4, -0.2) is 18.0 Å². The number of phenolic OH excluding ortho intramolecular Hbond substituents is 1. The molecule has 0 saturated carbocycles. The average Bonchev–Trinajstić information content (AvgIpc) is 2.75. The Morgan fingerprint density at radius 2 is 1.95 bits per heavy atom. The number of ether oxygens (including phenoxy) is 1. The van der Waals surface area contributed by atoms with Gasteiger partial charge in [0.15, 0.2) is 17.3 Å². The van der Waals surface area contributed by atoms with Crippen molar-refractivity contribution in [3.63, 3.8) is 0 Å². The van der Waals surface area contributed by atoms with Gasteiger partial charge in [0.1, 0.15) is 0 Å². The number of ketones is 1. The normalized spacial score (nSPS) is 17.3. The lowest BCUT2D eigenvalue weighted by atomic mass is 9.93. The molecule has 0 saturated heterocycles. The van der Waals surface area contributed by atoms with E-state index >= 15 is 0 Å². The Balaban J connectivity index is 2.12. The third-order valence-corrected chi connectivity index (χ3v) is 3.62. The number of carbonyl (C=O) groups is 1. The highest BCUT2D eigenvalue weighted by molar-refractivity contribution is 6.02. The maximum Gasteiger partial charge on any atom is 0.164 e. The van der Waals surface area contributed by atoms with Crippen molar-refractivity contribution in [3.8, 4) is 11.5 Å². The second-order valence-corrected chi connectivity index (χ2v) is 4.70. The summed E-state index contributed by atoms with van der Waals surface area (Å²) in [6.45, 7) is 0. The lowest BCUT2D eigenvalue weighted by Gasteiger charge is -2.12. The Labute approximate surface area is 111 Å². The van der Waals surface area contributed by atoms with Crippen LogP contribution in [0, 0.1) is 0 Å². The maximum atomic E-state index is 12.1. The molecule has 0 heterocycles. The molecule has 0 bridgehead atoms. The van der Waals surface area contributed by atoms with Gasteiger partial charge >= 0.3 is 0 Å². The van der Waals surface area contributed by atoms with Crippen molar-refractivity contribution < 1.29 is 14.6 Å². The molecule has 0 aromatic heterocycles. The van der Waals surface area contributed by atoms with Crippen LogP contribution in [0.3, 0.4) is 0 Å². The number of rotatable bonds is 2. The van der Waals surface area contributed by atoms with Crippen LogP contribution in [0.4, 0.5) is 0 Å². The fraction of sp³-hybridized carbons (Fsp3) is 0.188. The summed E-state index contributed by atoms with van der Waals surface area (Å²) in [4.78, 5) is 12.1. The SMILES string of the molecule is COc1cc2c(cc1O)C(c1ccccc1)CC2=O. The molecule has 96 valence electrons. The Bertz CT molecular complexity index is 632. The Hall–Kier alpha value is -2.29. The largest absolute Gasteiger partial charge is 0.504 e. The quantitative estimate of drug-likeness (QED) is 0.895. The van der Waals surface area contributed by atoms with Crippen LogP contribution in [0.5, 0.6) is 11.5 Å². The van der Waals surface area contributed by atoms with Crippen LogP contribution in [0.1, 0.15) is 33.8 Å². The number of hydrogen-bond donors (Lipinski definition) is 1. The predicted octanol–water partition coefficient (Wildman–Crippen LogP) is 3.12. The van der Waals surface area contributed by atoms with Crippen molar-refractivity contribution in [3.05, 3.63) is 59.2 Å². The van der Waals surface area contributed by atoms with Gasteiger partial charge in [0, 0.05) is 17.9 Å². The van der Waals surface area contributed by atoms with E-state index in [0.717, 1.165) is 11.1 Å². The molecule has 0 amide bonds. The second kappa shape index (κ2) is 4.43. The highest BCUT2D eigenvalue weighted by atomic mass is 16.5. The van der Waals surface area contributed by atoms with Crippen molar-refractivity contribution in [2.75, 3.05) is 7.11 Å². The standard InChI is InChI=1S/C16H14O3/c1-19-16-9-13-12(8-15(16)18)11(7-14(13)17)10-5-3-2-4-6-10/h2-6,8-9,11,18H,7H2,1H3. The van der Waals surface area contributed by atoms with Gasteiger partial charge in [0.2, 0.25) is 0 Å². The average molecular weight is 254 g/mol. The van der Waals surface area contributed by atoms with Crippen molar-refractivity contribution in [1.29, 1.82) is 0 Å². The van der Waals surface area contributed by atoms with Crippen LogP contribution in [0.25, 0.3) is 0 Å². The minimum atomic E-state index is 0.0282. The molecule has 3 heteroatoms. The molecule has 1 N–H and O–H groups in total. The number of methoxy groups -OCH3 is 1. The summed E-state index contributed by atoms with van der Waals surface area (Å²) in [5.41, 5.74) is 2.64. The van der Waals surface area contributed by atoms with Gasteiger partial charge in [-0.05, 0) is 23.3 Å². The van der Waals surface area contributed by atoms with E-state index in [-0.39, 0.29) is 17.5 Å². The molecule has 3 rings (SSSR count). The molecule has 1 aliphatic carbocycles. The Morgan fingerprint density at radius 1 is 1.21 bits per heavy atom. The first-order chi connectivity index (χ1) is 9.20. The number of hydrogen-bond acceptors (Lipinski definition) is 3. The topological polar surface area (TPSA) is 46.5 Å². The fourth-order valence-electron chi connectivity index (χ4n) is 2.67. The van der Waals surface area contributed by atoms with Crippen LogP contribution in [0.15, 0.2) is 42.5 Å². The molecular formula is C16H14O3. The van der Waals surface area contributed by atoms with Gasteiger partial charge in [0.05, 0.1) is 7.11 Å². The monoisotopic (exact) mass is 254 g/mol. The Morgan fingerprint density at radius 3 is 2.63 bits per heavy atom. The van der Waals surface area contributed by atoms with Crippen LogP contribution in [0.2, 0.25) is 0 Å². The lowest BCUT2D eigenvalue weighted by molar-refractivity contribution is 0.0991. The number of Topliss-reactive ketones (excluding diaryl/α,β-unsaturated/α-hetero) is 1. The molecule has 3 nitrogen and oxygen atoms in total. The molecular weight excluding hydrogens is 240 g/mol. The van der Waals surface area contributed by atoms with Gasteiger partial charge in [0.25, 0.3) is 0 Å². The smallest absolute Gasteiger partial charge is 0.164 e. The Kier molecular flexibility index (Phi) is 2.75. The van der Waals surface area contributed by atoms with E-state index in [0.29, 0.717) is 17.7 Å². The summed E-state index contributed by atoms with van der Waals surface area (Å²) in [6.07, 6.45) is 0.450. The van der Waals surface area contributed by atoms with Gasteiger partial charge in [-0.25, -0.2) is 0 Å². The van der Waals surface area contributed by atoms with Crippen molar-refractivity contribution in [2.45, 2.75) is 12.3 Å². The van der Waals surface area contributed by atoms with E-state index in [4.69, 9.17) is 4.74 Å². The third-order valence-electron chi connectivity index (χ3n) is 3.62. The van der Waals surface area contributed by atoms with Crippen LogP contribution in [-0.2, 0) is 0 Å². The highest BCUT2D eigenvalue weighted by Crippen LogP contribution is 2.42. The van der Waals surface area contributed by atoms with Gasteiger partial charge in [-0.2, -0.15) is 0 Å². The molecule has 2 aromatic rings. The van der Waals surface area contributed by atoms with E-state index in [2.05, 4.69) is 0 Å². The molecule has 1 aliphatic rings. The van der Waals surface area contributed by atoms with Crippen LogP contribution < -0.4 is 4.74 Å². The number of phenols is 1. The van der Waals surface area contributed by atoms with E-state index in [1.165, 1.54) is 7.11 Å². The number of benzene rings is 2. The fourth-order valence-corrected chi connectivity index (χ4v) is 2.67. The van der Waals surface area contributed by atoms with Gasteiger partial charge in [-0.15, -0.1) is 0 Å². The first kappa shape index (κ1) is 11.8. The summed E-state index contributed by atoms with van der Waals surface area (Å²) >= 11 is 0. The van der Waals surface area contributed by atoms with E-state index < -0.39 is 0 Å². The molecule has 2 aromatic carbocycles. The second-order valence-electron chi connectivity index (χ2n) is 4.70. The molecule has 0 spiro atoms. The summed E-state index contributed by atoms with van der Waals surface area (Å²) in [5.74, 6) is 0.556. The molecule has 0 radical (unpaired) electrons. The summed E-state index contributed by atoms with van der Waals surface area (Å²) < 4.78 is 5.06. The zero-order valence-corrected chi connectivity index (χ0v) is 10.6. The zero-order chi connectivity index (χ0) is 13.4. The molecule has 0 aliphatic heterocycles.